The first-order chi connectivity index (χ1) is 13.2. The van der Waals surface area contributed by atoms with Gasteiger partial charge >= 0.3 is 0 Å². The molecular formula is C20H22N4O2S. The van der Waals surface area contributed by atoms with Crippen LogP contribution in [0, 0.1) is 0 Å². The van der Waals surface area contributed by atoms with Gasteiger partial charge in [0.1, 0.15) is 11.4 Å². The van der Waals surface area contributed by atoms with Gasteiger partial charge in [0.2, 0.25) is 0 Å². The van der Waals surface area contributed by atoms with Gasteiger partial charge in [-0.05, 0) is 31.0 Å². The van der Waals surface area contributed by atoms with Gasteiger partial charge in [-0.25, -0.2) is 4.98 Å². The normalized spacial score (nSPS) is 15.1. The fourth-order valence-corrected chi connectivity index (χ4v) is 4.52. The van der Waals surface area contributed by atoms with Crippen LogP contribution in [0.1, 0.15) is 34.3 Å². The van der Waals surface area contributed by atoms with E-state index in [1.54, 1.807) is 42.4 Å². The van der Waals surface area contributed by atoms with Crippen LogP contribution in [0.5, 0.6) is 5.75 Å². The molecule has 2 aromatic heterocycles. The van der Waals surface area contributed by atoms with E-state index >= 15 is 0 Å². The van der Waals surface area contributed by atoms with Gasteiger partial charge in [-0.2, -0.15) is 5.10 Å². The molecule has 0 radical (unpaired) electrons. The SMILES string of the molecule is COc1ccccc1-c1csc(C2CCN(C(=O)c3ccnn3C)CC2)n1. The van der Waals surface area contributed by atoms with Crippen molar-refractivity contribution >= 4 is 17.2 Å². The highest BCUT2D eigenvalue weighted by atomic mass is 32.1. The summed E-state index contributed by atoms with van der Waals surface area (Å²) in [4.78, 5) is 19.4. The third-order valence-electron chi connectivity index (χ3n) is 5.08. The number of amides is 1. The Balaban J connectivity index is 1.44. The van der Waals surface area contributed by atoms with Gasteiger partial charge in [0, 0.05) is 43.2 Å². The zero-order valence-electron chi connectivity index (χ0n) is 15.5. The number of hydrogen-bond donors (Lipinski definition) is 0. The second-order valence-corrected chi connectivity index (χ2v) is 7.57. The minimum Gasteiger partial charge on any atom is -0.496 e. The number of ether oxygens (including phenoxy) is 1. The lowest BCUT2D eigenvalue weighted by Gasteiger charge is -2.31. The van der Waals surface area contributed by atoms with Crippen molar-refractivity contribution in [1.29, 1.82) is 0 Å². The maximum Gasteiger partial charge on any atom is 0.272 e. The Morgan fingerprint density at radius 2 is 2.00 bits per heavy atom. The number of hydrogen-bond acceptors (Lipinski definition) is 5. The van der Waals surface area contributed by atoms with E-state index in [-0.39, 0.29) is 5.91 Å². The monoisotopic (exact) mass is 382 g/mol. The molecule has 6 nitrogen and oxygen atoms in total. The van der Waals surface area contributed by atoms with Gasteiger partial charge in [0.25, 0.3) is 5.91 Å². The highest BCUT2D eigenvalue weighted by Gasteiger charge is 2.27. The van der Waals surface area contributed by atoms with Crippen molar-refractivity contribution in [3.05, 3.63) is 52.6 Å². The molecule has 0 unspecified atom stereocenters. The molecule has 0 N–H and O–H groups in total. The van der Waals surface area contributed by atoms with Gasteiger partial charge < -0.3 is 9.64 Å². The van der Waals surface area contributed by atoms with Crippen molar-refractivity contribution in [2.24, 2.45) is 7.05 Å². The summed E-state index contributed by atoms with van der Waals surface area (Å²) in [6, 6.07) is 9.72. The minimum absolute atomic E-state index is 0.0577. The van der Waals surface area contributed by atoms with Crippen LogP contribution in [-0.2, 0) is 7.05 Å². The summed E-state index contributed by atoms with van der Waals surface area (Å²) in [5, 5.41) is 7.33. The van der Waals surface area contributed by atoms with Crippen molar-refractivity contribution in [3.63, 3.8) is 0 Å². The predicted octanol–water partition coefficient (Wildman–Crippen LogP) is 3.57. The van der Waals surface area contributed by atoms with E-state index in [4.69, 9.17) is 9.72 Å². The Hall–Kier alpha value is -2.67. The Morgan fingerprint density at radius 1 is 1.22 bits per heavy atom. The van der Waals surface area contributed by atoms with E-state index in [2.05, 4.69) is 10.5 Å². The standard InChI is InChI=1S/C20H22N4O2S/c1-23-17(7-10-21-23)20(25)24-11-8-14(9-12-24)19-22-16(13-27-19)15-5-3-4-6-18(15)26-2/h3-7,10,13-14H,8-9,11-12H2,1-2H3. The number of carbonyl (C=O) groups is 1. The van der Waals surface area contributed by atoms with E-state index in [1.807, 2.05) is 29.2 Å². The van der Waals surface area contributed by atoms with E-state index in [0.717, 1.165) is 47.9 Å². The predicted molar refractivity (Wildman–Crippen MR) is 105 cm³/mol. The van der Waals surface area contributed by atoms with Crippen LogP contribution >= 0.6 is 11.3 Å². The number of rotatable bonds is 4. The van der Waals surface area contributed by atoms with Crippen LogP contribution in [0.3, 0.4) is 0 Å². The van der Waals surface area contributed by atoms with Crippen LogP contribution in [0.25, 0.3) is 11.3 Å². The molecule has 1 aliphatic rings. The van der Waals surface area contributed by atoms with Crippen LogP contribution in [-0.4, -0.2) is 45.8 Å². The summed E-state index contributed by atoms with van der Waals surface area (Å²) >= 11 is 1.70. The molecule has 0 atom stereocenters. The second-order valence-electron chi connectivity index (χ2n) is 6.68. The van der Waals surface area contributed by atoms with Crippen molar-refractivity contribution in [3.8, 4) is 17.0 Å². The van der Waals surface area contributed by atoms with Crippen molar-refractivity contribution in [2.45, 2.75) is 18.8 Å². The van der Waals surface area contributed by atoms with Gasteiger partial charge in [-0.1, -0.05) is 12.1 Å². The molecule has 1 fully saturated rings. The number of piperidine rings is 1. The molecule has 1 aliphatic heterocycles. The summed E-state index contributed by atoms with van der Waals surface area (Å²) < 4.78 is 7.09. The van der Waals surface area contributed by atoms with Crippen molar-refractivity contribution in [1.82, 2.24) is 19.7 Å². The number of carbonyl (C=O) groups excluding carboxylic acids is 1. The largest absolute Gasteiger partial charge is 0.496 e. The number of likely N-dealkylation sites (tertiary alicyclic amines) is 1. The molecule has 0 spiro atoms. The fourth-order valence-electron chi connectivity index (χ4n) is 3.53. The molecule has 4 rings (SSSR count). The number of methoxy groups -OCH3 is 1. The van der Waals surface area contributed by atoms with Gasteiger partial charge in [-0.3, -0.25) is 9.48 Å². The third-order valence-corrected chi connectivity index (χ3v) is 6.08. The smallest absolute Gasteiger partial charge is 0.272 e. The molecule has 0 aliphatic carbocycles. The maximum atomic E-state index is 12.6. The first-order valence-electron chi connectivity index (χ1n) is 9.03. The topological polar surface area (TPSA) is 60.2 Å². The lowest BCUT2D eigenvalue weighted by molar-refractivity contribution is 0.0702. The number of thiazole rings is 1. The molecule has 1 amide bonds. The molecule has 3 heterocycles. The highest BCUT2D eigenvalue weighted by Crippen LogP contribution is 2.35. The summed E-state index contributed by atoms with van der Waals surface area (Å²) in [5.74, 6) is 1.29. The summed E-state index contributed by atoms with van der Waals surface area (Å²) in [7, 11) is 3.48. The quantitative estimate of drug-likeness (QED) is 0.692. The number of benzene rings is 1. The van der Waals surface area contributed by atoms with E-state index in [9.17, 15) is 4.79 Å². The highest BCUT2D eigenvalue weighted by molar-refractivity contribution is 7.10. The summed E-state index contributed by atoms with van der Waals surface area (Å²) in [6.07, 6.45) is 3.53. The molecule has 3 aromatic rings. The molecular weight excluding hydrogens is 360 g/mol. The van der Waals surface area contributed by atoms with Crippen LogP contribution in [0.15, 0.2) is 41.9 Å². The molecule has 27 heavy (non-hydrogen) atoms. The van der Waals surface area contributed by atoms with Gasteiger partial charge in [0.15, 0.2) is 0 Å². The number of para-hydroxylation sites is 1. The zero-order chi connectivity index (χ0) is 18.8. The lowest BCUT2D eigenvalue weighted by atomic mass is 9.97. The second kappa shape index (κ2) is 7.52. The van der Waals surface area contributed by atoms with Crippen molar-refractivity contribution < 1.29 is 9.53 Å². The van der Waals surface area contributed by atoms with E-state index in [0.29, 0.717) is 11.6 Å². The first-order valence-corrected chi connectivity index (χ1v) is 9.91. The molecule has 1 aromatic carbocycles. The average Bonchev–Trinajstić information content (AvgIpc) is 3.37. The molecule has 7 heteroatoms. The summed E-state index contributed by atoms with van der Waals surface area (Å²) in [5.41, 5.74) is 2.62. The minimum atomic E-state index is 0.0577. The summed E-state index contributed by atoms with van der Waals surface area (Å²) in [6.45, 7) is 1.50. The van der Waals surface area contributed by atoms with Gasteiger partial charge in [-0.15, -0.1) is 11.3 Å². The van der Waals surface area contributed by atoms with Crippen LogP contribution < -0.4 is 4.74 Å². The maximum absolute atomic E-state index is 12.6. The Kier molecular flexibility index (Phi) is 4.94. The third kappa shape index (κ3) is 3.47. The number of nitrogens with zero attached hydrogens (tertiary/aromatic N) is 4. The van der Waals surface area contributed by atoms with Crippen LogP contribution in [0.4, 0.5) is 0 Å². The molecule has 1 saturated heterocycles. The van der Waals surface area contributed by atoms with Gasteiger partial charge in [0.05, 0.1) is 17.8 Å². The Morgan fingerprint density at radius 3 is 2.70 bits per heavy atom. The van der Waals surface area contributed by atoms with E-state index in [1.165, 1.54) is 0 Å². The fraction of sp³-hybridized carbons (Fsp3) is 0.350. The van der Waals surface area contributed by atoms with Crippen molar-refractivity contribution in [2.75, 3.05) is 20.2 Å². The van der Waals surface area contributed by atoms with Crippen LogP contribution in [0.2, 0.25) is 0 Å². The Bertz CT molecular complexity index is 941. The average molecular weight is 382 g/mol. The molecule has 140 valence electrons. The van der Waals surface area contributed by atoms with E-state index < -0.39 is 0 Å². The molecule has 0 saturated carbocycles. The Labute approximate surface area is 162 Å². The zero-order valence-corrected chi connectivity index (χ0v) is 16.3. The first kappa shape index (κ1) is 17.7. The lowest BCUT2D eigenvalue weighted by Crippen LogP contribution is -2.38. The molecule has 0 bridgehead atoms. The number of aryl methyl sites for hydroxylation is 1. The number of aromatic nitrogens is 3.